The van der Waals surface area contributed by atoms with Gasteiger partial charge in [-0.3, -0.25) is 4.79 Å². The average Bonchev–Trinajstić information content (AvgIpc) is 3.10. The molecule has 1 amide bonds. The van der Waals surface area contributed by atoms with Gasteiger partial charge in [-0.05, 0) is 42.8 Å². The Kier molecular flexibility index (Phi) is 7.13. The number of aromatic carboxylic acids is 1. The highest BCUT2D eigenvalue weighted by molar-refractivity contribution is 5.98. The highest BCUT2D eigenvalue weighted by Gasteiger charge is 2.32. The van der Waals surface area contributed by atoms with E-state index in [2.05, 4.69) is 10.4 Å². The Bertz CT molecular complexity index is 1250. The van der Waals surface area contributed by atoms with Crippen LogP contribution < -0.4 is 10.1 Å². The number of ether oxygens (including phenoxy) is 1. The fourth-order valence-electron chi connectivity index (χ4n) is 3.29. The lowest BCUT2D eigenvalue weighted by atomic mass is 10.1. The quantitative estimate of drug-likeness (QED) is 0.396. The fraction of sp³-hybridized carbons (Fsp3) is 0.261. The second kappa shape index (κ2) is 9.72. The normalized spacial score (nSPS) is 12.5. The Morgan fingerprint density at radius 2 is 1.77 bits per heavy atom. The van der Waals surface area contributed by atoms with Gasteiger partial charge in [0.2, 0.25) is 5.88 Å². The molecule has 35 heavy (non-hydrogen) atoms. The zero-order chi connectivity index (χ0) is 26.1. The van der Waals surface area contributed by atoms with Gasteiger partial charge in [0.25, 0.3) is 18.3 Å². The van der Waals surface area contributed by atoms with Crippen LogP contribution in [0.25, 0.3) is 0 Å². The first-order valence-corrected chi connectivity index (χ1v) is 10.1. The largest absolute Gasteiger partial charge is 0.478 e. The van der Waals surface area contributed by atoms with E-state index in [9.17, 15) is 31.5 Å². The number of hydrogen-bond acceptors (Lipinski definition) is 4. The van der Waals surface area contributed by atoms with Crippen molar-refractivity contribution in [3.05, 3.63) is 76.2 Å². The number of aromatic nitrogens is 2. The summed E-state index contributed by atoms with van der Waals surface area (Å²) in [5, 5.41) is 15.1. The van der Waals surface area contributed by atoms with Gasteiger partial charge in [-0.25, -0.2) is 31.4 Å². The van der Waals surface area contributed by atoms with Crippen molar-refractivity contribution in [3.63, 3.8) is 0 Å². The molecule has 0 radical (unpaired) electrons. The molecule has 2 aromatic carbocycles. The number of nitrogens with zero attached hydrogens (tertiary/aromatic N) is 2. The van der Waals surface area contributed by atoms with Crippen molar-refractivity contribution in [1.29, 1.82) is 0 Å². The maximum Gasteiger partial charge on any atom is 0.335 e. The summed E-state index contributed by atoms with van der Waals surface area (Å²) in [5.74, 6) is -7.67. The number of carbonyl (C=O) groups excluding carboxylic acids is 1. The monoisotopic (exact) mass is 497 g/mol. The summed E-state index contributed by atoms with van der Waals surface area (Å²) in [4.78, 5) is 24.0. The van der Waals surface area contributed by atoms with Crippen LogP contribution in [0.2, 0.25) is 0 Å². The minimum absolute atomic E-state index is 0.0199. The van der Waals surface area contributed by atoms with E-state index in [1.807, 2.05) is 0 Å². The lowest BCUT2D eigenvalue weighted by Gasteiger charge is -2.16. The summed E-state index contributed by atoms with van der Waals surface area (Å²) in [7, 11) is 1.21. The van der Waals surface area contributed by atoms with E-state index >= 15 is 0 Å². The van der Waals surface area contributed by atoms with Crippen molar-refractivity contribution < 1.29 is 41.4 Å². The van der Waals surface area contributed by atoms with Crippen molar-refractivity contribution >= 4 is 11.9 Å². The molecular weight excluding hydrogens is 477 g/mol. The third-order valence-electron chi connectivity index (χ3n) is 5.09. The van der Waals surface area contributed by atoms with Crippen LogP contribution in [0.1, 0.15) is 63.9 Å². The Labute approximate surface area is 196 Å². The van der Waals surface area contributed by atoms with Crippen molar-refractivity contribution in [2.24, 2.45) is 7.05 Å². The molecule has 0 saturated heterocycles. The second-order valence-corrected chi connectivity index (χ2v) is 7.74. The number of nitrogens with one attached hydrogen (secondary N) is 1. The Morgan fingerprint density at radius 1 is 1.14 bits per heavy atom. The number of halogens is 5. The van der Waals surface area contributed by atoms with E-state index < -0.39 is 58.8 Å². The summed E-state index contributed by atoms with van der Waals surface area (Å²) >= 11 is 0. The van der Waals surface area contributed by atoms with Crippen LogP contribution in [0.5, 0.6) is 11.6 Å². The molecule has 186 valence electrons. The van der Waals surface area contributed by atoms with Crippen LogP contribution in [-0.2, 0) is 13.0 Å². The number of carboxylic acids is 1. The number of hydrogen-bond donors (Lipinski definition) is 2. The summed E-state index contributed by atoms with van der Waals surface area (Å²) in [6, 6.07) is 7.25. The van der Waals surface area contributed by atoms with Gasteiger partial charge in [-0.1, -0.05) is 12.1 Å². The van der Waals surface area contributed by atoms with Crippen molar-refractivity contribution in [2.45, 2.75) is 32.2 Å². The lowest BCUT2D eigenvalue weighted by molar-refractivity contribution is 0.0135. The van der Waals surface area contributed by atoms with E-state index in [1.54, 1.807) is 6.92 Å². The highest BCUT2D eigenvalue weighted by Crippen LogP contribution is 2.36. The van der Waals surface area contributed by atoms with E-state index in [0.29, 0.717) is 18.6 Å². The molecule has 7 nitrogen and oxygen atoms in total. The maximum atomic E-state index is 13.8. The molecule has 0 aliphatic carbocycles. The van der Waals surface area contributed by atoms with Crippen molar-refractivity contribution in [3.8, 4) is 11.6 Å². The second-order valence-electron chi connectivity index (χ2n) is 7.74. The van der Waals surface area contributed by atoms with Gasteiger partial charge in [0.15, 0.2) is 0 Å². The topological polar surface area (TPSA) is 93.5 Å². The first-order chi connectivity index (χ1) is 16.3. The van der Waals surface area contributed by atoms with Crippen LogP contribution in [0.3, 0.4) is 0 Å². The molecule has 2 N–H and O–H groups in total. The van der Waals surface area contributed by atoms with Gasteiger partial charge >= 0.3 is 5.97 Å². The molecular formula is C23H20F5N3O4. The number of aryl methyl sites for hydroxylation is 1. The first-order valence-electron chi connectivity index (χ1n) is 10.1. The number of amides is 1. The minimum Gasteiger partial charge on any atom is -0.478 e. The Morgan fingerprint density at radius 3 is 2.31 bits per heavy atom. The van der Waals surface area contributed by atoms with Crippen LogP contribution in [0, 0.1) is 5.82 Å². The third-order valence-corrected chi connectivity index (χ3v) is 5.09. The number of alkyl halides is 4. The van der Waals surface area contributed by atoms with Crippen molar-refractivity contribution in [2.75, 3.05) is 0 Å². The van der Waals surface area contributed by atoms with Gasteiger partial charge < -0.3 is 15.2 Å². The minimum atomic E-state index is -3.55. The molecule has 1 aromatic heterocycles. The molecule has 0 bridgehead atoms. The SMILES string of the molecule is CC(NC(=O)c1c(C(F)F)nn(C)c1Oc1ccc(F)c(C(C)(F)F)c1)c1ccc(C(=O)O)cc1. The Balaban J connectivity index is 1.95. The van der Waals surface area contributed by atoms with E-state index in [-0.39, 0.29) is 11.3 Å². The Hall–Kier alpha value is -3.96. The fourth-order valence-corrected chi connectivity index (χ4v) is 3.29. The average molecular weight is 497 g/mol. The molecule has 1 atom stereocenters. The number of carbonyl (C=O) groups is 2. The number of rotatable bonds is 8. The molecule has 12 heteroatoms. The maximum absolute atomic E-state index is 13.8. The highest BCUT2D eigenvalue weighted by atomic mass is 19.3. The molecule has 0 saturated carbocycles. The van der Waals surface area contributed by atoms with Crippen molar-refractivity contribution in [1.82, 2.24) is 15.1 Å². The van der Waals surface area contributed by atoms with Crippen LogP contribution in [-0.4, -0.2) is 26.8 Å². The van der Waals surface area contributed by atoms with E-state index in [0.717, 1.165) is 16.8 Å². The first kappa shape index (κ1) is 25.7. The molecule has 3 aromatic rings. The standard InChI is InChI=1S/C23H20F5N3O4/c1-11(12-4-6-13(7-5-12)22(33)34)29-20(32)17-18(19(25)26)30-31(3)21(17)35-14-8-9-16(24)15(10-14)23(2,27)28/h4-11,19H,1-3H3,(H,29,32)(H,33,34). The number of benzene rings is 2. The van der Waals surface area contributed by atoms with Gasteiger partial charge in [0, 0.05) is 14.0 Å². The number of carboxylic acid groups (broad SMARTS) is 1. The van der Waals surface area contributed by atoms with Gasteiger partial charge in [-0.15, -0.1) is 0 Å². The molecule has 0 fully saturated rings. The zero-order valence-electron chi connectivity index (χ0n) is 18.7. The van der Waals surface area contributed by atoms with Gasteiger partial charge in [-0.2, -0.15) is 5.10 Å². The molecule has 0 aliphatic heterocycles. The zero-order valence-corrected chi connectivity index (χ0v) is 18.7. The molecule has 3 rings (SSSR count). The summed E-state index contributed by atoms with van der Waals surface area (Å²) in [5.41, 5.74) is -2.01. The molecule has 1 unspecified atom stereocenters. The van der Waals surface area contributed by atoms with E-state index in [4.69, 9.17) is 9.84 Å². The predicted octanol–water partition coefficient (Wildman–Crippen LogP) is 5.59. The predicted molar refractivity (Wildman–Crippen MR) is 113 cm³/mol. The van der Waals surface area contributed by atoms with Gasteiger partial charge in [0.1, 0.15) is 22.8 Å². The van der Waals surface area contributed by atoms with Crippen LogP contribution in [0.15, 0.2) is 42.5 Å². The smallest absolute Gasteiger partial charge is 0.335 e. The van der Waals surface area contributed by atoms with E-state index in [1.165, 1.54) is 31.3 Å². The third kappa shape index (κ3) is 5.58. The summed E-state index contributed by atoms with van der Waals surface area (Å²) < 4.78 is 74.8. The lowest BCUT2D eigenvalue weighted by Crippen LogP contribution is -2.27. The van der Waals surface area contributed by atoms with Crippen LogP contribution in [0.4, 0.5) is 22.0 Å². The summed E-state index contributed by atoms with van der Waals surface area (Å²) in [6.45, 7) is 2.03. The molecule has 0 spiro atoms. The molecule has 0 aliphatic rings. The molecule has 1 heterocycles. The van der Waals surface area contributed by atoms with Crippen LogP contribution >= 0.6 is 0 Å². The summed E-state index contributed by atoms with van der Waals surface area (Å²) in [6.07, 6.45) is -3.17. The van der Waals surface area contributed by atoms with Gasteiger partial charge in [0.05, 0.1) is 17.2 Å².